The van der Waals surface area contributed by atoms with Gasteiger partial charge in [-0.25, -0.2) is 0 Å². The normalized spacial score (nSPS) is 18.2. The molecular formula is C18H24N4O2. The third kappa shape index (κ3) is 4.20. The lowest BCUT2D eigenvalue weighted by Gasteiger charge is -2.16. The van der Waals surface area contributed by atoms with Gasteiger partial charge in [-0.3, -0.25) is 14.7 Å². The van der Waals surface area contributed by atoms with E-state index < -0.39 is 0 Å². The van der Waals surface area contributed by atoms with E-state index in [9.17, 15) is 4.79 Å². The van der Waals surface area contributed by atoms with Crippen molar-refractivity contribution in [3.63, 3.8) is 0 Å². The summed E-state index contributed by atoms with van der Waals surface area (Å²) in [4.78, 5) is 18.7. The standard InChI is InChI=1S/C18H24N4O2/c1-13(2)17-8-16(21-24-17)18(23)20-10-15-5-7-22(12-15)11-14-4-3-6-19-9-14/h3-4,6,8-9,13,15H,5,7,10-12H2,1-2H3,(H,20,23). The number of hydrogen-bond donors (Lipinski definition) is 1. The Morgan fingerprint density at radius 2 is 2.38 bits per heavy atom. The van der Waals surface area contributed by atoms with Crippen molar-refractivity contribution in [1.82, 2.24) is 20.4 Å². The van der Waals surface area contributed by atoms with Gasteiger partial charge in [0.1, 0.15) is 5.76 Å². The van der Waals surface area contributed by atoms with Crippen molar-refractivity contribution in [2.45, 2.75) is 32.7 Å². The number of hydrogen-bond acceptors (Lipinski definition) is 5. The summed E-state index contributed by atoms with van der Waals surface area (Å²) >= 11 is 0. The highest BCUT2D eigenvalue weighted by molar-refractivity contribution is 5.92. The van der Waals surface area contributed by atoms with E-state index in [1.54, 1.807) is 12.3 Å². The number of pyridine rings is 1. The molecule has 0 aliphatic carbocycles. The van der Waals surface area contributed by atoms with E-state index in [0.717, 1.165) is 31.8 Å². The van der Waals surface area contributed by atoms with Gasteiger partial charge in [0.05, 0.1) is 0 Å². The predicted octanol–water partition coefficient (Wildman–Crippen LogP) is 2.44. The zero-order valence-electron chi connectivity index (χ0n) is 14.2. The van der Waals surface area contributed by atoms with Crippen molar-refractivity contribution < 1.29 is 9.32 Å². The smallest absolute Gasteiger partial charge is 0.273 e. The van der Waals surface area contributed by atoms with Gasteiger partial charge in [-0.05, 0) is 30.5 Å². The average Bonchev–Trinajstić information content (AvgIpc) is 3.23. The fourth-order valence-electron chi connectivity index (χ4n) is 2.97. The second kappa shape index (κ2) is 7.57. The summed E-state index contributed by atoms with van der Waals surface area (Å²) < 4.78 is 5.18. The van der Waals surface area contributed by atoms with Crippen molar-refractivity contribution in [3.8, 4) is 0 Å². The zero-order valence-corrected chi connectivity index (χ0v) is 14.2. The molecule has 1 saturated heterocycles. The Labute approximate surface area is 142 Å². The van der Waals surface area contributed by atoms with E-state index in [0.29, 0.717) is 18.2 Å². The van der Waals surface area contributed by atoms with Crippen LogP contribution in [0.3, 0.4) is 0 Å². The largest absolute Gasteiger partial charge is 0.360 e. The number of amides is 1. The van der Waals surface area contributed by atoms with Gasteiger partial charge >= 0.3 is 0 Å². The number of carbonyl (C=O) groups is 1. The van der Waals surface area contributed by atoms with Gasteiger partial charge in [0.15, 0.2) is 5.69 Å². The summed E-state index contributed by atoms with van der Waals surface area (Å²) in [5.41, 5.74) is 1.59. The van der Waals surface area contributed by atoms with E-state index in [-0.39, 0.29) is 11.8 Å². The molecule has 0 radical (unpaired) electrons. The molecule has 1 aliphatic rings. The van der Waals surface area contributed by atoms with E-state index in [4.69, 9.17) is 4.52 Å². The number of rotatable bonds is 6. The average molecular weight is 328 g/mol. The van der Waals surface area contributed by atoms with Crippen LogP contribution in [0.25, 0.3) is 0 Å². The van der Waals surface area contributed by atoms with Crippen LogP contribution in [0.1, 0.15) is 48.0 Å². The fourth-order valence-corrected chi connectivity index (χ4v) is 2.97. The molecule has 1 amide bonds. The summed E-state index contributed by atoms with van der Waals surface area (Å²) in [7, 11) is 0. The number of nitrogens with zero attached hydrogens (tertiary/aromatic N) is 3. The summed E-state index contributed by atoms with van der Waals surface area (Å²) in [5.74, 6) is 1.29. The quantitative estimate of drug-likeness (QED) is 0.882. The van der Waals surface area contributed by atoms with Crippen molar-refractivity contribution in [1.29, 1.82) is 0 Å². The van der Waals surface area contributed by atoms with Gasteiger partial charge in [-0.2, -0.15) is 0 Å². The Balaban J connectivity index is 1.44. The molecule has 2 aromatic rings. The van der Waals surface area contributed by atoms with Gasteiger partial charge in [0, 0.05) is 44.0 Å². The molecule has 1 atom stereocenters. The molecule has 24 heavy (non-hydrogen) atoms. The highest BCUT2D eigenvalue weighted by Gasteiger charge is 2.23. The molecule has 6 heteroatoms. The first-order valence-corrected chi connectivity index (χ1v) is 8.48. The Hall–Kier alpha value is -2.21. The molecule has 3 rings (SSSR count). The Morgan fingerprint density at radius 3 is 3.08 bits per heavy atom. The van der Waals surface area contributed by atoms with Crippen LogP contribution in [0, 0.1) is 5.92 Å². The maximum absolute atomic E-state index is 12.2. The Bertz CT molecular complexity index is 669. The van der Waals surface area contributed by atoms with Gasteiger partial charge in [0.25, 0.3) is 5.91 Å². The van der Waals surface area contributed by atoms with E-state index in [1.165, 1.54) is 5.56 Å². The predicted molar refractivity (Wildman–Crippen MR) is 90.5 cm³/mol. The minimum atomic E-state index is -0.156. The van der Waals surface area contributed by atoms with Crippen molar-refractivity contribution >= 4 is 5.91 Å². The summed E-state index contributed by atoms with van der Waals surface area (Å²) in [6, 6.07) is 5.79. The highest BCUT2D eigenvalue weighted by Crippen LogP contribution is 2.18. The highest BCUT2D eigenvalue weighted by atomic mass is 16.5. The van der Waals surface area contributed by atoms with Crippen molar-refractivity contribution in [2.75, 3.05) is 19.6 Å². The first-order valence-electron chi connectivity index (χ1n) is 8.48. The van der Waals surface area contributed by atoms with E-state index >= 15 is 0 Å². The molecule has 6 nitrogen and oxygen atoms in total. The molecule has 0 spiro atoms. The molecule has 1 fully saturated rings. The van der Waals surface area contributed by atoms with Crippen LogP contribution in [0.2, 0.25) is 0 Å². The summed E-state index contributed by atoms with van der Waals surface area (Å²) in [5, 5.41) is 6.83. The van der Waals surface area contributed by atoms with Crippen LogP contribution < -0.4 is 5.32 Å². The maximum atomic E-state index is 12.2. The molecule has 0 saturated carbocycles. The first-order chi connectivity index (χ1) is 11.6. The third-order valence-electron chi connectivity index (χ3n) is 4.38. The minimum absolute atomic E-state index is 0.156. The lowest BCUT2D eigenvalue weighted by Crippen LogP contribution is -2.31. The Morgan fingerprint density at radius 1 is 1.50 bits per heavy atom. The van der Waals surface area contributed by atoms with Gasteiger partial charge in [0.2, 0.25) is 0 Å². The van der Waals surface area contributed by atoms with Crippen molar-refractivity contribution in [2.24, 2.45) is 5.92 Å². The van der Waals surface area contributed by atoms with Crippen LogP contribution >= 0.6 is 0 Å². The monoisotopic (exact) mass is 328 g/mol. The second-order valence-corrected chi connectivity index (χ2v) is 6.73. The number of likely N-dealkylation sites (tertiary alicyclic amines) is 1. The molecule has 2 aromatic heterocycles. The first kappa shape index (κ1) is 16.6. The van der Waals surface area contributed by atoms with Crippen LogP contribution in [-0.2, 0) is 6.54 Å². The maximum Gasteiger partial charge on any atom is 0.273 e. The van der Waals surface area contributed by atoms with Crippen LogP contribution in [0.5, 0.6) is 0 Å². The molecule has 0 aromatic carbocycles. The van der Waals surface area contributed by atoms with E-state index in [1.807, 2.05) is 26.1 Å². The third-order valence-corrected chi connectivity index (χ3v) is 4.38. The SMILES string of the molecule is CC(C)c1cc(C(=O)NCC2CCN(Cc3cccnc3)C2)no1. The topological polar surface area (TPSA) is 71.3 Å². The molecule has 1 unspecified atom stereocenters. The number of aromatic nitrogens is 2. The second-order valence-electron chi connectivity index (χ2n) is 6.73. The summed E-state index contributed by atoms with van der Waals surface area (Å²) in [6.07, 6.45) is 4.79. The molecule has 3 heterocycles. The molecule has 0 bridgehead atoms. The van der Waals surface area contributed by atoms with Crippen molar-refractivity contribution in [3.05, 3.63) is 47.6 Å². The van der Waals surface area contributed by atoms with Crippen LogP contribution in [0.15, 0.2) is 35.1 Å². The molecule has 1 aliphatic heterocycles. The molecule has 1 N–H and O–H groups in total. The zero-order chi connectivity index (χ0) is 16.9. The molecule has 128 valence electrons. The van der Waals surface area contributed by atoms with Gasteiger partial charge in [-0.1, -0.05) is 25.1 Å². The van der Waals surface area contributed by atoms with Crippen LogP contribution in [0.4, 0.5) is 0 Å². The lowest BCUT2D eigenvalue weighted by atomic mass is 10.1. The van der Waals surface area contributed by atoms with Crippen LogP contribution in [-0.4, -0.2) is 40.6 Å². The van der Waals surface area contributed by atoms with Gasteiger partial charge in [-0.15, -0.1) is 0 Å². The lowest BCUT2D eigenvalue weighted by molar-refractivity contribution is 0.0938. The van der Waals surface area contributed by atoms with Gasteiger partial charge < -0.3 is 9.84 Å². The number of carbonyl (C=O) groups excluding carboxylic acids is 1. The fraction of sp³-hybridized carbons (Fsp3) is 0.500. The molecular weight excluding hydrogens is 304 g/mol. The number of nitrogens with one attached hydrogen (secondary N) is 1. The minimum Gasteiger partial charge on any atom is -0.360 e. The summed E-state index contributed by atoms with van der Waals surface area (Å²) in [6.45, 7) is 7.66. The van der Waals surface area contributed by atoms with E-state index in [2.05, 4.69) is 26.4 Å². The Kier molecular flexibility index (Phi) is 5.25.